The molecule has 0 aliphatic carbocycles. The molecule has 6 nitrogen and oxygen atoms in total. The summed E-state index contributed by atoms with van der Waals surface area (Å²) in [5.74, 6) is 0.899. The van der Waals surface area contributed by atoms with Gasteiger partial charge in [0.05, 0.1) is 0 Å². The number of carbonyl (C=O) groups is 2. The molecule has 0 spiro atoms. The van der Waals surface area contributed by atoms with Crippen LogP contribution in [0.3, 0.4) is 0 Å². The molecule has 3 amide bonds. The van der Waals surface area contributed by atoms with Crippen molar-refractivity contribution in [1.29, 1.82) is 0 Å². The van der Waals surface area contributed by atoms with Crippen molar-refractivity contribution in [3.8, 4) is 0 Å². The highest BCUT2D eigenvalue weighted by atomic mass is 35.5. The first-order chi connectivity index (χ1) is 13.6. The van der Waals surface area contributed by atoms with Crippen LogP contribution in [0.1, 0.15) is 38.2 Å². The second-order valence-electron chi connectivity index (χ2n) is 7.97. The predicted octanol–water partition coefficient (Wildman–Crippen LogP) is 2.78. The van der Waals surface area contributed by atoms with Crippen LogP contribution in [0.15, 0.2) is 30.3 Å². The van der Waals surface area contributed by atoms with Crippen molar-refractivity contribution < 1.29 is 9.59 Å². The molecule has 0 unspecified atom stereocenters. The lowest BCUT2D eigenvalue weighted by molar-refractivity contribution is -0.136. The van der Waals surface area contributed by atoms with Crippen LogP contribution >= 0.6 is 12.4 Å². The lowest BCUT2D eigenvalue weighted by Crippen LogP contribution is -2.48. The third kappa shape index (κ3) is 5.23. The van der Waals surface area contributed by atoms with Crippen molar-refractivity contribution >= 4 is 24.3 Å². The molecule has 0 aromatic heterocycles. The van der Waals surface area contributed by atoms with Gasteiger partial charge < -0.3 is 20.4 Å². The quantitative estimate of drug-likeness (QED) is 0.793. The maximum absolute atomic E-state index is 13.1. The highest BCUT2D eigenvalue weighted by molar-refractivity contribution is 5.85. The summed E-state index contributed by atoms with van der Waals surface area (Å²) in [6, 6.07) is 10.5. The first-order valence-electron chi connectivity index (χ1n) is 10.7. The molecule has 2 fully saturated rings. The second-order valence-corrected chi connectivity index (χ2v) is 7.97. The molecule has 162 valence electrons. The smallest absolute Gasteiger partial charge is 0.319 e. The summed E-state index contributed by atoms with van der Waals surface area (Å²) in [6.07, 6.45) is 1.51. The first-order valence-corrected chi connectivity index (χ1v) is 10.7. The predicted molar refractivity (Wildman–Crippen MR) is 118 cm³/mol. The Morgan fingerprint density at radius 2 is 1.66 bits per heavy atom. The Balaban J connectivity index is 0.00000300. The summed E-state index contributed by atoms with van der Waals surface area (Å²) >= 11 is 0. The molecule has 0 radical (unpaired) electrons. The van der Waals surface area contributed by atoms with Gasteiger partial charge in [-0.3, -0.25) is 4.79 Å². The zero-order valence-corrected chi connectivity index (χ0v) is 18.4. The Morgan fingerprint density at radius 1 is 1.03 bits per heavy atom. The molecule has 2 heterocycles. The van der Waals surface area contributed by atoms with Crippen molar-refractivity contribution in [2.45, 2.75) is 32.6 Å². The highest BCUT2D eigenvalue weighted by Gasteiger charge is 2.38. The minimum Gasteiger partial charge on any atom is -0.341 e. The van der Waals surface area contributed by atoms with Gasteiger partial charge in [-0.1, -0.05) is 30.3 Å². The Labute approximate surface area is 180 Å². The van der Waals surface area contributed by atoms with Gasteiger partial charge in [0, 0.05) is 51.1 Å². The van der Waals surface area contributed by atoms with E-state index in [0.29, 0.717) is 31.5 Å². The average molecular weight is 423 g/mol. The van der Waals surface area contributed by atoms with Gasteiger partial charge >= 0.3 is 6.03 Å². The monoisotopic (exact) mass is 422 g/mol. The number of amides is 3. The number of piperidine rings is 1. The Hall–Kier alpha value is -1.79. The van der Waals surface area contributed by atoms with Gasteiger partial charge in [0.25, 0.3) is 0 Å². The fourth-order valence-corrected chi connectivity index (χ4v) is 4.64. The Bertz CT molecular complexity index is 660. The minimum atomic E-state index is 0. The van der Waals surface area contributed by atoms with Crippen LogP contribution in [-0.2, 0) is 4.79 Å². The molecular formula is C22H35ClN4O2. The maximum Gasteiger partial charge on any atom is 0.319 e. The fraction of sp³-hybridized carbons (Fsp3) is 0.636. The maximum atomic E-state index is 13.1. The van der Waals surface area contributed by atoms with Gasteiger partial charge in [-0.2, -0.15) is 0 Å². The van der Waals surface area contributed by atoms with Crippen molar-refractivity contribution in [3.63, 3.8) is 0 Å². The third-order valence-corrected chi connectivity index (χ3v) is 6.43. The van der Waals surface area contributed by atoms with Crippen molar-refractivity contribution in [2.24, 2.45) is 17.6 Å². The van der Waals surface area contributed by atoms with Crippen molar-refractivity contribution in [1.82, 2.24) is 14.7 Å². The molecule has 0 bridgehead atoms. The third-order valence-electron chi connectivity index (χ3n) is 6.43. The molecule has 0 saturated carbocycles. The zero-order chi connectivity index (χ0) is 20.1. The molecule has 2 saturated heterocycles. The van der Waals surface area contributed by atoms with Crippen LogP contribution in [0.5, 0.6) is 0 Å². The first kappa shape index (κ1) is 23.5. The highest BCUT2D eigenvalue weighted by Crippen LogP contribution is 2.34. The van der Waals surface area contributed by atoms with E-state index in [-0.39, 0.29) is 30.3 Å². The standard InChI is InChI=1S/C22H34N4O2.ClH/c1-3-24(4-2)22(28)25-12-10-18(11-13-25)21(27)26-15-19(14-23)20(16-26)17-8-6-5-7-9-17;/h5-9,18-20H,3-4,10-16,23H2,1-2H3;1H/t19-,20+;/m1./s1. The molecular weight excluding hydrogens is 388 g/mol. The number of hydrogen-bond acceptors (Lipinski definition) is 3. The molecule has 2 aliphatic heterocycles. The van der Waals surface area contributed by atoms with Crippen LogP contribution in [0, 0.1) is 11.8 Å². The van der Waals surface area contributed by atoms with Crippen molar-refractivity contribution in [3.05, 3.63) is 35.9 Å². The summed E-state index contributed by atoms with van der Waals surface area (Å²) in [6.45, 7) is 8.89. The van der Waals surface area contributed by atoms with E-state index in [1.807, 2.05) is 34.6 Å². The number of carbonyl (C=O) groups excluding carboxylic acids is 2. The zero-order valence-electron chi connectivity index (χ0n) is 17.6. The van der Waals surface area contributed by atoms with Crippen LogP contribution in [0.4, 0.5) is 4.79 Å². The average Bonchev–Trinajstić information content (AvgIpc) is 3.19. The van der Waals surface area contributed by atoms with Crippen LogP contribution < -0.4 is 5.73 Å². The summed E-state index contributed by atoms with van der Waals surface area (Å²) in [5.41, 5.74) is 7.29. The number of urea groups is 1. The van der Waals surface area contributed by atoms with Gasteiger partial charge in [0.1, 0.15) is 0 Å². The lowest BCUT2D eigenvalue weighted by Gasteiger charge is -2.35. The number of rotatable bonds is 5. The summed E-state index contributed by atoms with van der Waals surface area (Å²) in [5, 5.41) is 0. The number of nitrogens with zero attached hydrogens (tertiary/aromatic N) is 3. The number of likely N-dealkylation sites (tertiary alicyclic amines) is 2. The van der Waals surface area contributed by atoms with Crippen LogP contribution in [-0.4, -0.2) is 72.5 Å². The van der Waals surface area contributed by atoms with E-state index in [0.717, 1.165) is 39.0 Å². The lowest BCUT2D eigenvalue weighted by atomic mass is 9.89. The molecule has 2 aliphatic rings. The summed E-state index contributed by atoms with van der Waals surface area (Å²) < 4.78 is 0. The summed E-state index contributed by atoms with van der Waals surface area (Å²) in [7, 11) is 0. The molecule has 7 heteroatoms. The molecule has 3 rings (SSSR count). The van der Waals surface area contributed by atoms with Crippen LogP contribution in [0.25, 0.3) is 0 Å². The number of hydrogen-bond donors (Lipinski definition) is 1. The number of nitrogens with two attached hydrogens (primary N) is 1. The van der Waals surface area contributed by atoms with E-state index < -0.39 is 0 Å². The van der Waals surface area contributed by atoms with Gasteiger partial charge in [0.15, 0.2) is 0 Å². The van der Waals surface area contributed by atoms with Gasteiger partial charge in [-0.15, -0.1) is 12.4 Å². The van der Waals surface area contributed by atoms with Gasteiger partial charge in [-0.25, -0.2) is 4.79 Å². The van der Waals surface area contributed by atoms with Crippen molar-refractivity contribution in [2.75, 3.05) is 45.8 Å². The van der Waals surface area contributed by atoms with E-state index in [9.17, 15) is 9.59 Å². The molecule has 2 atom stereocenters. The van der Waals surface area contributed by atoms with E-state index in [1.165, 1.54) is 5.56 Å². The molecule has 29 heavy (non-hydrogen) atoms. The van der Waals surface area contributed by atoms with Gasteiger partial charge in [0.2, 0.25) is 5.91 Å². The van der Waals surface area contributed by atoms with E-state index in [4.69, 9.17) is 5.73 Å². The summed E-state index contributed by atoms with van der Waals surface area (Å²) in [4.78, 5) is 31.4. The fourth-order valence-electron chi connectivity index (χ4n) is 4.64. The molecule has 1 aromatic carbocycles. The molecule has 2 N–H and O–H groups in total. The largest absolute Gasteiger partial charge is 0.341 e. The minimum absolute atomic E-state index is 0. The van der Waals surface area contributed by atoms with Crippen LogP contribution in [0.2, 0.25) is 0 Å². The Kier molecular flexibility index (Phi) is 8.78. The SMILES string of the molecule is CCN(CC)C(=O)N1CCC(C(=O)N2C[C@@H](CN)[C@H](c3ccccc3)C2)CC1.Cl. The number of benzene rings is 1. The Morgan fingerprint density at radius 3 is 2.21 bits per heavy atom. The van der Waals surface area contributed by atoms with Gasteiger partial charge in [-0.05, 0) is 44.7 Å². The normalized spacial score (nSPS) is 22.3. The number of halogens is 1. The second kappa shape index (κ2) is 10.8. The topological polar surface area (TPSA) is 69.9 Å². The van der Waals surface area contributed by atoms with E-state index in [2.05, 4.69) is 24.3 Å². The molecule has 1 aromatic rings. The van der Waals surface area contributed by atoms with E-state index in [1.54, 1.807) is 0 Å². The van der Waals surface area contributed by atoms with E-state index >= 15 is 0 Å².